The summed E-state index contributed by atoms with van der Waals surface area (Å²) in [5.41, 5.74) is -1.19. The van der Waals surface area contributed by atoms with E-state index in [0.29, 0.717) is 0 Å². The van der Waals surface area contributed by atoms with Gasteiger partial charge < -0.3 is 9.47 Å². The first kappa shape index (κ1) is 8.96. The Bertz CT molecular complexity index is 219. The maximum atomic E-state index is 12.4. The molecule has 0 saturated heterocycles. The number of nitrogens with zero attached hydrogens (tertiary/aromatic N) is 1. The van der Waals surface area contributed by atoms with Gasteiger partial charge in [-0.3, -0.25) is 0 Å². The molecule has 0 fully saturated rings. The molecule has 0 spiro atoms. The fourth-order valence-electron chi connectivity index (χ4n) is 0.960. The number of ether oxygens (including phenoxy) is 2. The van der Waals surface area contributed by atoms with E-state index in [1.807, 2.05) is 0 Å². The molecule has 0 aromatic heterocycles. The van der Waals surface area contributed by atoms with Crippen LogP contribution in [0.1, 0.15) is 6.92 Å². The highest BCUT2D eigenvalue weighted by atomic mass is 19.1. The van der Waals surface area contributed by atoms with Crippen LogP contribution in [0.25, 0.3) is 0 Å². The van der Waals surface area contributed by atoms with Crippen molar-refractivity contribution in [2.24, 2.45) is 4.99 Å². The van der Waals surface area contributed by atoms with E-state index in [2.05, 4.69) is 9.73 Å². The Morgan fingerprint density at radius 3 is 3.08 bits per heavy atom. The number of hydrogen-bond acceptors (Lipinski definition) is 4. The van der Waals surface area contributed by atoms with Crippen molar-refractivity contribution < 1.29 is 18.7 Å². The summed E-state index contributed by atoms with van der Waals surface area (Å²) in [6.07, 6.45) is 1.08. The monoisotopic (exact) mass is 175 g/mol. The summed E-state index contributed by atoms with van der Waals surface area (Å²) in [6, 6.07) is -0.882. The predicted molar refractivity (Wildman–Crippen MR) is 39.8 cm³/mol. The average Bonchev–Trinajstić information content (AvgIpc) is 2.47. The summed E-state index contributed by atoms with van der Waals surface area (Å²) in [6.45, 7) is 0.703. The van der Waals surface area contributed by atoms with Crippen LogP contribution in [-0.2, 0) is 14.3 Å². The van der Waals surface area contributed by atoms with E-state index in [-0.39, 0.29) is 0 Å². The number of esters is 1. The second-order valence-corrected chi connectivity index (χ2v) is 2.74. The van der Waals surface area contributed by atoms with Gasteiger partial charge in [0.25, 0.3) is 0 Å². The summed E-state index contributed by atoms with van der Waals surface area (Å²) in [7, 11) is 1.23. The third-order valence-electron chi connectivity index (χ3n) is 1.80. The second-order valence-electron chi connectivity index (χ2n) is 2.74. The number of hydrogen-bond donors (Lipinski definition) is 0. The van der Waals surface area contributed by atoms with Crippen LogP contribution in [-0.4, -0.2) is 37.8 Å². The van der Waals surface area contributed by atoms with Gasteiger partial charge in [0.05, 0.1) is 7.11 Å². The van der Waals surface area contributed by atoms with Gasteiger partial charge in [-0.25, -0.2) is 14.2 Å². The van der Waals surface area contributed by atoms with Crippen LogP contribution in [0.3, 0.4) is 0 Å². The zero-order valence-electron chi connectivity index (χ0n) is 6.91. The number of alkyl halides is 1. The maximum Gasteiger partial charge on any atom is 0.335 e. The van der Waals surface area contributed by atoms with Crippen LogP contribution < -0.4 is 0 Å². The highest BCUT2D eigenvalue weighted by molar-refractivity contribution is 5.80. The topological polar surface area (TPSA) is 47.9 Å². The van der Waals surface area contributed by atoms with Crippen LogP contribution in [0.15, 0.2) is 4.99 Å². The molecule has 0 aromatic carbocycles. The van der Waals surface area contributed by atoms with E-state index in [1.54, 1.807) is 0 Å². The fraction of sp³-hybridized carbons (Fsp3) is 0.714. The lowest BCUT2D eigenvalue weighted by Crippen LogP contribution is -2.44. The van der Waals surface area contributed by atoms with E-state index >= 15 is 0 Å². The number of aliphatic imine (C=N–C) groups is 1. The number of carbonyl (C=O) groups excluding carboxylic acids is 1. The Morgan fingerprint density at radius 2 is 2.58 bits per heavy atom. The van der Waals surface area contributed by atoms with E-state index < -0.39 is 24.3 Å². The number of carbonyl (C=O) groups is 1. The van der Waals surface area contributed by atoms with Crippen molar-refractivity contribution in [1.29, 1.82) is 0 Å². The van der Waals surface area contributed by atoms with E-state index in [4.69, 9.17) is 4.74 Å². The molecule has 5 heteroatoms. The molecule has 0 bridgehead atoms. The smallest absolute Gasteiger partial charge is 0.335 e. The largest absolute Gasteiger partial charge is 0.472 e. The lowest BCUT2D eigenvalue weighted by atomic mass is 9.99. The first-order chi connectivity index (χ1) is 5.64. The Balaban J connectivity index is 2.75. The van der Waals surface area contributed by atoms with Gasteiger partial charge in [-0.1, -0.05) is 0 Å². The molecule has 0 amide bonds. The SMILES string of the molecule is COC(=O)[C@H]1N=CO[C@]1(C)CF. The molecule has 0 saturated carbocycles. The zero-order chi connectivity index (χ0) is 9.19. The molecule has 1 rings (SSSR count). The molecule has 0 N–H and O–H groups in total. The molecule has 12 heavy (non-hydrogen) atoms. The van der Waals surface area contributed by atoms with E-state index in [0.717, 1.165) is 6.40 Å². The van der Waals surface area contributed by atoms with E-state index in [9.17, 15) is 9.18 Å². The molecule has 0 aromatic rings. The summed E-state index contributed by atoms with van der Waals surface area (Å²) in [4.78, 5) is 14.7. The van der Waals surface area contributed by atoms with Crippen molar-refractivity contribution in [2.45, 2.75) is 18.6 Å². The molecular weight excluding hydrogens is 165 g/mol. The molecule has 0 radical (unpaired) electrons. The molecule has 1 aliphatic rings. The molecule has 1 aliphatic heterocycles. The van der Waals surface area contributed by atoms with Crippen molar-refractivity contribution in [1.82, 2.24) is 0 Å². The molecule has 4 nitrogen and oxygen atoms in total. The molecule has 1 heterocycles. The Kier molecular flexibility index (Phi) is 2.30. The Labute approximate surface area is 69.4 Å². The van der Waals surface area contributed by atoms with Crippen molar-refractivity contribution in [3.63, 3.8) is 0 Å². The fourth-order valence-corrected chi connectivity index (χ4v) is 0.960. The van der Waals surface area contributed by atoms with Gasteiger partial charge in [0, 0.05) is 0 Å². The summed E-state index contributed by atoms with van der Waals surface area (Å²) in [5.74, 6) is -0.580. The summed E-state index contributed by atoms with van der Waals surface area (Å²) < 4.78 is 21.7. The van der Waals surface area contributed by atoms with Gasteiger partial charge in [-0.2, -0.15) is 0 Å². The van der Waals surface area contributed by atoms with E-state index in [1.165, 1.54) is 14.0 Å². The molecular formula is C7H10FNO3. The quantitative estimate of drug-likeness (QED) is 0.567. The number of rotatable bonds is 2. The first-order valence-corrected chi connectivity index (χ1v) is 3.47. The normalized spacial score (nSPS) is 33.1. The van der Waals surface area contributed by atoms with Crippen LogP contribution in [0.4, 0.5) is 4.39 Å². The van der Waals surface area contributed by atoms with Gasteiger partial charge >= 0.3 is 5.97 Å². The lowest BCUT2D eigenvalue weighted by Gasteiger charge is -2.23. The van der Waals surface area contributed by atoms with Crippen molar-refractivity contribution >= 4 is 12.4 Å². The van der Waals surface area contributed by atoms with Crippen LogP contribution in [0.5, 0.6) is 0 Å². The zero-order valence-corrected chi connectivity index (χ0v) is 6.91. The maximum absolute atomic E-state index is 12.4. The minimum Gasteiger partial charge on any atom is -0.472 e. The van der Waals surface area contributed by atoms with Gasteiger partial charge in [-0.15, -0.1) is 0 Å². The second kappa shape index (κ2) is 3.08. The lowest BCUT2D eigenvalue weighted by molar-refractivity contribution is -0.146. The highest BCUT2D eigenvalue weighted by Gasteiger charge is 2.45. The third kappa shape index (κ3) is 1.26. The number of halogens is 1. The minimum atomic E-state index is -1.19. The average molecular weight is 175 g/mol. The van der Waals surface area contributed by atoms with Gasteiger partial charge in [-0.05, 0) is 6.92 Å². The van der Waals surface area contributed by atoms with Crippen molar-refractivity contribution in [3.05, 3.63) is 0 Å². The molecule has 2 atom stereocenters. The Hall–Kier alpha value is -1.13. The van der Waals surface area contributed by atoms with Gasteiger partial charge in [0.1, 0.15) is 6.67 Å². The predicted octanol–water partition coefficient (Wildman–Crippen LogP) is 0.315. The Morgan fingerprint density at radius 1 is 1.92 bits per heavy atom. The summed E-state index contributed by atoms with van der Waals surface area (Å²) >= 11 is 0. The van der Waals surface area contributed by atoms with Crippen LogP contribution in [0.2, 0.25) is 0 Å². The van der Waals surface area contributed by atoms with Crippen LogP contribution in [0, 0.1) is 0 Å². The highest BCUT2D eigenvalue weighted by Crippen LogP contribution is 2.24. The van der Waals surface area contributed by atoms with Crippen LogP contribution >= 0.6 is 0 Å². The van der Waals surface area contributed by atoms with Crippen molar-refractivity contribution in [3.8, 4) is 0 Å². The molecule has 0 aliphatic carbocycles. The third-order valence-corrected chi connectivity index (χ3v) is 1.80. The van der Waals surface area contributed by atoms with Gasteiger partial charge in [0.2, 0.25) is 0 Å². The minimum absolute atomic E-state index is 0.580. The molecule has 0 unspecified atom stereocenters. The summed E-state index contributed by atoms with van der Waals surface area (Å²) in [5, 5.41) is 0. The molecule has 68 valence electrons. The first-order valence-electron chi connectivity index (χ1n) is 3.47. The number of methoxy groups -OCH3 is 1. The standard InChI is InChI=1S/C7H10FNO3/c1-7(3-8)5(6(10)11-2)9-4-12-7/h4-5H,3H2,1-2H3/t5-,7-/m1/s1. The van der Waals surface area contributed by atoms with Crippen molar-refractivity contribution in [2.75, 3.05) is 13.8 Å². The van der Waals surface area contributed by atoms with Gasteiger partial charge in [0.15, 0.2) is 18.0 Å².